The van der Waals surface area contributed by atoms with Crippen molar-refractivity contribution in [2.24, 2.45) is 5.73 Å². The molecule has 1 aliphatic heterocycles. The first-order chi connectivity index (χ1) is 16.1. The van der Waals surface area contributed by atoms with Crippen LogP contribution in [0.3, 0.4) is 0 Å². The summed E-state index contributed by atoms with van der Waals surface area (Å²) < 4.78 is 57.2. The summed E-state index contributed by atoms with van der Waals surface area (Å²) in [6.07, 6.45) is -4.79. The smallest absolute Gasteiger partial charge is 0.489 e. The van der Waals surface area contributed by atoms with E-state index < -0.39 is 18.2 Å². The predicted octanol–water partition coefficient (Wildman–Crippen LogP) is 4.81. The van der Waals surface area contributed by atoms with Crippen molar-refractivity contribution in [2.75, 3.05) is 6.61 Å². The summed E-state index contributed by atoms with van der Waals surface area (Å²) in [6.45, 7) is 3.35. The minimum atomic E-state index is -4.79. The fourth-order valence-corrected chi connectivity index (χ4v) is 3.51. The van der Waals surface area contributed by atoms with E-state index in [9.17, 15) is 23.2 Å². The number of ether oxygens (including phenoxy) is 4. The first-order valence-electron chi connectivity index (χ1n) is 10.2. The van der Waals surface area contributed by atoms with Crippen LogP contribution in [0.2, 0.25) is 0 Å². The van der Waals surface area contributed by atoms with Crippen LogP contribution in [0.25, 0.3) is 0 Å². The number of alkyl halides is 3. The summed E-state index contributed by atoms with van der Waals surface area (Å²) in [5, 5.41) is 9.75. The maximum absolute atomic E-state index is 12.7. The fraction of sp³-hybridized carbons (Fsp3) is 0.250. The van der Waals surface area contributed by atoms with Gasteiger partial charge in [0.1, 0.15) is 35.5 Å². The highest BCUT2D eigenvalue weighted by atomic mass is 19.4. The molecule has 1 unspecified atom stereocenters. The molecule has 0 radical (unpaired) electrons. The van der Waals surface area contributed by atoms with E-state index in [4.69, 9.17) is 19.9 Å². The lowest BCUT2D eigenvalue weighted by Crippen LogP contribution is -2.26. The van der Waals surface area contributed by atoms with Crippen LogP contribution in [0.15, 0.2) is 71.3 Å². The molecule has 0 spiro atoms. The third-order valence-corrected chi connectivity index (χ3v) is 4.92. The largest absolute Gasteiger partial charge is 0.573 e. The molecule has 0 saturated heterocycles. The van der Waals surface area contributed by atoms with Crippen molar-refractivity contribution >= 4 is 5.97 Å². The molecule has 0 bridgehead atoms. The Hall–Kier alpha value is -4.13. The Morgan fingerprint density at radius 1 is 1.15 bits per heavy atom. The highest BCUT2D eigenvalue weighted by Gasteiger charge is 2.37. The molecule has 0 saturated carbocycles. The minimum Gasteiger partial charge on any atom is -0.489 e. The second-order valence-electron chi connectivity index (χ2n) is 7.12. The molecule has 0 amide bonds. The molecular formula is C24H21F3N2O5. The number of nitriles is 1. The van der Waals surface area contributed by atoms with Gasteiger partial charge in [0, 0.05) is 0 Å². The van der Waals surface area contributed by atoms with Crippen LogP contribution in [0, 0.1) is 11.3 Å². The molecule has 10 heteroatoms. The molecule has 3 rings (SSSR count). The summed E-state index contributed by atoms with van der Waals surface area (Å²) in [4.78, 5) is 12.7. The molecule has 0 fully saturated rings. The van der Waals surface area contributed by atoms with Crippen molar-refractivity contribution in [3.63, 3.8) is 0 Å². The highest BCUT2D eigenvalue weighted by Crippen LogP contribution is 2.41. The van der Waals surface area contributed by atoms with Crippen molar-refractivity contribution in [3.8, 4) is 17.6 Å². The molecule has 1 heterocycles. The van der Waals surface area contributed by atoms with Gasteiger partial charge in [-0.2, -0.15) is 5.26 Å². The SMILES string of the molecule is CCOC(=O)C1=C(C)OC(N)=C(C#N)C1c1ccccc1COc1ccc(OC(F)(F)F)cc1. The zero-order valence-corrected chi connectivity index (χ0v) is 18.3. The van der Waals surface area contributed by atoms with Gasteiger partial charge in [-0.3, -0.25) is 0 Å². The topological polar surface area (TPSA) is 104 Å². The van der Waals surface area contributed by atoms with Crippen LogP contribution in [0.1, 0.15) is 30.9 Å². The van der Waals surface area contributed by atoms with Crippen molar-refractivity contribution in [2.45, 2.75) is 32.7 Å². The third kappa shape index (κ3) is 5.61. The maximum Gasteiger partial charge on any atom is 0.573 e. The minimum absolute atomic E-state index is 0.000765. The summed E-state index contributed by atoms with van der Waals surface area (Å²) in [5.41, 5.74) is 7.34. The molecule has 0 aliphatic carbocycles. The summed E-state index contributed by atoms with van der Waals surface area (Å²) >= 11 is 0. The monoisotopic (exact) mass is 474 g/mol. The Morgan fingerprint density at radius 3 is 2.41 bits per heavy atom. The zero-order valence-electron chi connectivity index (χ0n) is 18.3. The van der Waals surface area contributed by atoms with Crippen molar-refractivity contribution < 1.29 is 36.9 Å². The second-order valence-corrected chi connectivity index (χ2v) is 7.12. The average Bonchev–Trinajstić information content (AvgIpc) is 2.77. The lowest BCUT2D eigenvalue weighted by molar-refractivity contribution is -0.274. The van der Waals surface area contributed by atoms with E-state index in [0.29, 0.717) is 16.9 Å². The number of carbonyl (C=O) groups is 1. The lowest BCUT2D eigenvalue weighted by atomic mass is 9.81. The Balaban J connectivity index is 1.91. The molecule has 0 aromatic heterocycles. The van der Waals surface area contributed by atoms with Gasteiger partial charge < -0.3 is 24.7 Å². The van der Waals surface area contributed by atoms with E-state index in [1.165, 1.54) is 12.1 Å². The molecule has 7 nitrogen and oxygen atoms in total. The molecule has 2 aromatic rings. The number of allylic oxidation sites excluding steroid dienone is 2. The fourth-order valence-electron chi connectivity index (χ4n) is 3.51. The van der Waals surface area contributed by atoms with Crippen molar-refractivity contribution in [1.29, 1.82) is 5.26 Å². The molecule has 2 aromatic carbocycles. The highest BCUT2D eigenvalue weighted by molar-refractivity contribution is 5.92. The van der Waals surface area contributed by atoms with E-state index >= 15 is 0 Å². The van der Waals surface area contributed by atoms with Gasteiger partial charge >= 0.3 is 12.3 Å². The lowest BCUT2D eigenvalue weighted by Gasteiger charge is -2.28. The van der Waals surface area contributed by atoms with E-state index in [1.54, 1.807) is 38.1 Å². The molecular weight excluding hydrogens is 453 g/mol. The van der Waals surface area contributed by atoms with E-state index in [2.05, 4.69) is 4.74 Å². The van der Waals surface area contributed by atoms with Crippen LogP contribution in [0.4, 0.5) is 13.2 Å². The maximum atomic E-state index is 12.7. The molecule has 178 valence electrons. The zero-order chi connectivity index (χ0) is 24.9. The van der Waals surface area contributed by atoms with Crippen LogP contribution in [-0.2, 0) is 20.9 Å². The standard InChI is InChI=1S/C24H21F3N2O5/c1-3-31-23(30)20-14(2)33-22(29)19(12-28)21(20)18-7-5-4-6-15(18)13-32-16-8-10-17(11-9-16)34-24(25,26)27/h4-11,21H,3,13,29H2,1-2H3. The number of nitrogens with two attached hydrogens (primary N) is 1. The van der Waals surface area contributed by atoms with Gasteiger partial charge in [-0.15, -0.1) is 13.2 Å². The average molecular weight is 474 g/mol. The van der Waals surface area contributed by atoms with E-state index in [1.807, 2.05) is 6.07 Å². The summed E-state index contributed by atoms with van der Waals surface area (Å²) in [5.74, 6) is -1.46. The van der Waals surface area contributed by atoms with Crippen LogP contribution in [-0.4, -0.2) is 18.9 Å². The number of rotatable bonds is 7. The molecule has 2 N–H and O–H groups in total. The van der Waals surface area contributed by atoms with Gasteiger partial charge in [0.25, 0.3) is 0 Å². The number of hydrogen-bond donors (Lipinski definition) is 1. The number of carbonyl (C=O) groups excluding carboxylic acids is 1. The number of halogens is 3. The van der Waals surface area contributed by atoms with Crippen molar-refractivity contribution in [3.05, 3.63) is 82.4 Å². The summed E-state index contributed by atoms with van der Waals surface area (Å²) in [7, 11) is 0. The third-order valence-electron chi connectivity index (χ3n) is 4.92. The van der Waals surface area contributed by atoms with E-state index in [-0.39, 0.29) is 41.8 Å². The van der Waals surface area contributed by atoms with Crippen LogP contribution in [0.5, 0.6) is 11.5 Å². The summed E-state index contributed by atoms with van der Waals surface area (Å²) in [6, 6.07) is 13.9. The van der Waals surface area contributed by atoms with E-state index in [0.717, 1.165) is 12.1 Å². The van der Waals surface area contributed by atoms with Gasteiger partial charge in [0.05, 0.1) is 18.1 Å². The predicted molar refractivity (Wildman–Crippen MR) is 114 cm³/mol. The number of esters is 1. The van der Waals surface area contributed by atoms with Gasteiger partial charge in [-0.25, -0.2) is 4.79 Å². The van der Waals surface area contributed by atoms with Gasteiger partial charge in [-0.05, 0) is 49.2 Å². The molecule has 1 atom stereocenters. The number of hydrogen-bond acceptors (Lipinski definition) is 7. The van der Waals surface area contributed by atoms with Crippen LogP contribution >= 0.6 is 0 Å². The van der Waals surface area contributed by atoms with Gasteiger partial charge in [0.2, 0.25) is 5.88 Å². The second kappa shape index (κ2) is 10.2. The Morgan fingerprint density at radius 2 is 1.79 bits per heavy atom. The van der Waals surface area contributed by atoms with Gasteiger partial charge in [-0.1, -0.05) is 24.3 Å². The number of nitrogens with zero attached hydrogens (tertiary/aromatic N) is 1. The van der Waals surface area contributed by atoms with Gasteiger partial charge in [0.15, 0.2) is 0 Å². The van der Waals surface area contributed by atoms with Crippen molar-refractivity contribution in [1.82, 2.24) is 0 Å². The Labute approximate surface area is 193 Å². The number of benzene rings is 2. The molecule has 34 heavy (non-hydrogen) atoms. The van der Waals surface area contributed by atoms with Crippen LogP contribution < -0.4 is 15.2 Å². The Kier molecular flexibility index (Phi) is 7.36. The first-order valence-corrected chi connectivity index (χ1v) is 10.2. The quantitative estimate of drug-likeness (QED) is 0.575. The normalized spacial score (nSPS) is 15.9. The molecule has 1 aliphatic rings. The first kappa shape index (κ1) is 24.5. The Bertz CT molecular complexity index is 1160.